The maximum Gasteiger partial charge on any atom is 0.251 e. The average molecular weight is 418 g/mol. The van der Waals surface area contributed by atoms with Crippen LogP contribution in [0.3, 0.4) is 0 Å². The fourth-order valence-electron chi connectivity index (χ4n) is 4.54. The second kappa shape index (κ2) is 7.55. The summed E-state index contributed by atoms with van der Waals surface area (Å²) in [6, 6.07) is 14.7. The largest absolute Gasteiger partial charge is 0.349 e. The van der Waals surface area contributed by atoms with Gasteiger partial charge in [0.05, 0.1) is 15.9 Å². The second-order valence-electron chi connectivity index (χ2n) is 8.78. The van der Waals surface area contributed by atoms with Crippen molar-refractivity contribution < 1.29 is 4.79 Å². The number of nitrogens with one attached hydrogen (secondary N) is 1. The maximum atomic E-state index is 12.9. The second-order valence-corrected chi connectivity index (χ2v) is 9.79. The number of aromatic nitrogens is 2. The molecule has 0 bridgehead atoms. The van der Waals surface area contributed by atoms with Crippen LogP contribution in [0.25, 0.3) is 26.4 Å². The summed E-state index contributed by atoms with van der Waals surface area (Å²) in [4.78, 5) is 18.7. The van der Waals surface area contributed by atoms with Gasteiger partial charge in [0.15, 0.2) is 4.96 Å². The molecule has 1 fully saturated rings. The Labute approximate surface area is 181 Å². The maximum absolute atomic E-state index is 12.9. The molecule has 0 unspecified atom stereocenters. The lowest BCUT2D eigenvalue weighted by Gasteiger charge is -2.34. The fourth-order valence-corrected chi connectivity index (χ4v) is 5.59. The molecule has 2 aromatic heterocycles. The van der Waals surface area contributed by atoms with E-state index in [4.69, 9.17) is 4.98 Å². The first-order valence-corrected chi connectivity index (χ1v) is 11.6. The zero-order valence-corrected chi connectivity index (χ0v) is 18.5. The van der Waals surface area contributed by atoms with Crippen molar-refractivity contribution >= 4 is 32.4 Å². The summed E-state index contributed by atoms with van der Waals surface area (Å²) < 4.78 is 3.22. The van der Waals surface area contributed by atoms with Crippen LogP contribution in [0.2, 0.25) is 0 Å². The molecule has 0 radical (unpaired) electrons. The van der Waals surface area contributed by atoms with Gasteiger partial charge < -0.3 is 5.32 Å². The highest BCUT2D eigenvalue weighted by atomic mass is 32.1. The van der Waals surface area contributed by atoms with Gasteiger partial charge in [0, 0.05) is 23.4 Å². The first-order valence-electron chi connectivity index (χ1n) is 10.8. The molecule has 0 spiro atoms. The smallest absolute Gasteiger partial charge is 0.251 e. The molecule has 1 amide bonds. The van der Waals surface area contributed by atoms with E-state index in [2.05, 4.69) is 61.0 Å². The Morgan fingerprint density at radius 2 is 1.93 bits per heavy atom. The van der Waals surface area contributed by atoms with Gasteiger partial charge in [-0.15, -0.1) is 0 Å². The van der Waals surface area contributed by atoms with Gasteiger partial charge in [0.1, 0.15) is 0 Å². The highest BCUT2D eigenvalue weighted by Gasteiger charge is 2.28. The minimum atomic E-state index is 0.0363. The van der Waals surface area contributed by atoms with Crippen LogP contribution in [0.15, 0.2) is 48.7 Å². The van der Waals surface area contributed by atoms with Crippen molar-refractivity contribution in [2.24, 2.45) is 11.8 Å². The van der Waals surface area contributed by atoms with E-state index in [-0.39, 0.29) is 11.9 Å². The Morgan fingerprint density at radius 3 is 2.73 bits per heavy atom. The van der Waals surface area contributed by atoms with Crippen LogP contribution < -0.4 is 5.32 Å². The van der Waals surface area contributed by atoms with Crippen molar-refractivity contribution in [3.8, 4) is 11.3 Å². The number of thiazole rings is 1. The number of carbonyl (C=O) groups excluding carboxylic acids is 1. The van der Waals surface area contributed by atoms with E-state index in [1.807, 2.05) is 18.2 Å². The van der Waals surface area contributed by atoms with E-state index in [0.717, 1.165) is 38.4 Å². The van der Waals surface area contributed by atoms with Gasteiger partial charge in [-0.1, -0.05) is 67.9 Å². The van der Waals surface area contributed by atoms with Gasteiger partial charge in [-0.05, 0) is 43.4 Å². The Balaban J connectivity index is 1.42. The van der Waals surface area contributed by atoms with E-state index in [0.29, 0.717) is 11.8 Å². The average Bonchev–Trinajstić information content (AvgIpc) is 3.29. The number of rotatable bonds is 3. The predicted octanol–water partition coefficient (Wildman–Crippen LogP) is 6.08. The highest BCUT2D eigenvalue weighted by Crippen LogP contribution is 2.32. The lowest BCUT2D eigenvalue weighted by molar-refractivity contribution is 0.0891. The summed E-state index contributed by atoms with van der Waals surface area (Å²) >= 11 is 1.63. The lowest BCUT2D eigenvalue weighted by atomic mass is 9.78. The van der Waals surface area contributed by atoms with Gasteiger partial charge in [0.25, 0.3) is 5.91 Å². The molecule has 154 valence electrons. The molecule has 1 N–H and O–H groups in total. The minimum absolute atomic E-state index is 0.0363. The van der Waals surface area contributed by atoms with Crippen LogP contribution >= 0.6 is 11.3 Å². The Kier molecular flexibility index (Phi) is 4.86. The fraction of sp³-hybridized carbons (Fsp3) is 0.360. The normalized spacial score (nSPS) is 21.9. The zero-order chi connectivity index (χ0) is 20.8. The Hall–Kier alpha value is -2.66. The number of hydrogen-bond donors (Lipinski definition) is 1. The molecule has 1 aliphatic rings. The number of fused-ring (bicyclic) bond motifs is 3. The summed E-state index contributed by atoms with van der Waals surface area (Å²) in [5.41, 5.74) is 5.17. The SMILES string of the molecule is Cc1ccc(-c2cn3c(n2)sc2cc(C(=O)N[C@@H]4CCC[C@@H](C)[C@@H]4C)ccc23)cc1. The van der Waals surface area contributed by atoms with Crippen molar-refractivity contribution in [1.82, 2.24) is 14.7 Å². The first-order chi connectivity index (χ1) is 14.5. The number of aryl methyl sites for hydroxylation is 1. The van der Waals surface area contributed by atoms with Gasteiger partial charge >= 0.3 is 0 Å². The molecule has 2 aromatic carbocycles. The van der Waals surface area contributed by atoms with Gasteiger partial charge in [0.2, 0.25) is 0 Å². The minimum Gasteiger partial charge on any atom is -0.349 e. The predicted molar refractivity (Wildman–Crippen MR) is 124 cm³/mol. The first kappa shape index (κ1) is 19.3. The summed E-state index contributed by atoms with van der Waals surface area (Å²) in [6.07, 6.45) is 5.62. The van der Waals surface area contributed by atoms with Crippen molar-refractivity contribution in [3.05, 3.63) is 59.8 Å². The van der Waals surface area contributed by atoms with Crippen molar-refractivity contribution in [1.29, 1.82) is 0 Å². The standard InChI is InChI=1S/C25H27N3OS/c1-15-7-9-18(10-8-15)21-14-28-22-12-11-19(13-23(22)30-25(28)27-21)24(29)26-20-6-4-5-16(2)17(20)3/h7-14,16-17,20H,4-6H2,1-3H3,(H,26,29)/t16-,17+,20-/m1/s1. The Bertz CT molecular complexity index is 1220. The lowest BCUT2D eigenvalue weighted by Crippen LogP contribution is -2.43. The van der Waals surface area contributed by atoms with Crippen LogP contribution in [-0.2, 0) is 0 Å². The number of amides is 1. The summed E-state index contributed by atoms with van der Waals surface area (Å²) in [7, 11) is 0. The van der Waals surface area contributed by atoms with Gasteiger partial charge in [-0.25, -0.2) is 4.98 Å². The molecule has 30 heavy (non-hydrogen) atoms. The summed E-state index contributed by atoms with van der Waals surface area (Å²) in [6.45, 7) is 6.64. The third-order valence-corrected chi connectivity index (χ3v) is 7.74. The molecule has 0 aliphatic heterocycles. The molecule has 4 nitrogen and oxygen atoms in total. The highest BCUT2D eigenvalue weighted by molar-refractivity contribution is 7.23. The van der Waals surface area contributed by atoms with Gasteiger partial charge in [-0.2, -0.15) is 0 Å². The van der Waals surface area contributed by atoms with Crippen LogP contribution in [0.4, 0.5) is 0 Å². The molecule has 3 atom stereocenters. The van der Waals surface area contributed by atoms with Crippen molar-refractivity contribution in [2.45, 2.75) is 46.1 Å². The van der Waals surface area contributed by atoms with Crippen LogP contribution in [0.5, 0.6) is 0 Å². The van der Waals surface area contributed by atoms with Crippen LogP contribution in [-0.4, -0.2) is 21.3 Å². The van der Waals surface area contributed by atoms with Crippen LogP contribution in [0.1, 0.15) is 49.0 Å². The molecular formula is C25H27N3OS. The van der Waals surface area contributed by atoms with E-state index in [9.17, 15) is 4.79 Å². The van der Waals surface area contributed by atoms with E-state index >= 15 is 0 Å². The van der Waals surface area contributed by atoms with Crippen molar-refractivity contribution in [2.75, 3.05) is 0 Å². The Morgan fingerprint density at radius 1 is 1.13 bits per heavy atom. The van der Waals surface area contributed by atoms with E-state index in [1.165, 1.54) is 18.4 Å². The number of carbonyl (C=O) groups is 1. The third kappa shape index (κ3) is 3.41. The summed E-state index contributed by atoms with van der Waals surface area (Å²) in [5.74, 6) is 1.23. The quantitative estimate of drug-likeness (QED) is 0.439. The zero-order valence-electron chi connectivity index (χ0n) is 17.7. The third-order valence-electron chi connectivity index (χ3n) is 6.73. The number of benzene rings is 2. The summed E-state index contributed by atoms with van der Waals surface area (Å²) in [5, 5.41) is 3.29. The molecule has 2 heterocycles. The molecular weight excluding hydrogens is 390 g/mol. The number of imidazole rings is 1. The monoisotopic (exact) mass is 417 g/mol. The van der Waals surface area contributed by atoms with Crippen molar-refractivity contribution in [3.63, 3.8) is 0 Å². The topological polar surface area (TPSA) is 46.4 Å². The molecule has 1 aliphatic carbocycles. The molecule has 4 aromatic rings. The molecule has 1 saturated carbocycles. The number of hydrogen-bond acceptors (Lipinski definition) is 3. The molecule has 0 saturated heterocycles. The number of nitrogens with zero attached hydrogens (tertiary/aromatic N) is 2. The van der Waals surface area contributed by atoms with Gasteiger partial charge in [-0.3, -0.25) is 9.20 Å². The van der Waals surface area contributed by atoms with E-state index in [1.54, 1.807) is 11.3 Å². The molecule has 5 rings (SSSR count). The molecule has 5 heteroatoms. The van der Waals surface area contributed by atoms with E-state index < -0.39 is 0 Å². The van der Waals surface area contributed by atoms with Crippen LogP contribution in [0, 0.1) is 18.8 Å².